The van der Waals surface area contributed by atoms with E-state index in [2.05, 4.69) is 40.7 Å². The van der Waals surface area contributed by atoms with Crippen LogP contribution in [-0.2, 0) is 17.8 Å². The standard InChI is InChI=1S/C26H36N4O2/c1-3-8-22-25(20-10-12-21(13-11-20)28-14-4-5-15-28)24(26(27)32)19(2)30(22)18-7-17-29-16-6-9-23(29)31/h10-13H,3-9,14-18H2,1-2H3,(H2,27,32). The molecule has 6 heteroatoms. The molecule has 2 aromatic rings. The maximum atomic E-state index is 12.5. The minimum Gasteiger partial charge on any atom is -0.372 e. The molecule has 6 nitrogen and oxygen atoms in total. The number of amides is 2. The van der Waals surface area contributed by atoms with E-state index in [1.807, 2.05) is 11.8 Å². The average molecular weight is 437 g/mol. The van der Waals surface area contributed by atoms with E-state index in [-0.39, 0.29) is 11.8 Å². The van der Waals surface area contributed by atoms with E-state index in [1.165, 1.54) is 24.2 Å². The molecule has 172 valence electrons. The van der Waals surface area contributed by atoms with Crippen molar-refractivity contribution >= 4 is 17.5 Å². The van der Waals surface area contributed by atoms with Gasteiger partial charge < -0.3 is 20.1 Å². The Morgan fingerprint density at radius 3 is 2.34 bits per heavy atom. The Labute approximate surface area is 191 Å². The normalized spacial score (nSPS) is 16.4. The minimum absolute atomic E-state index is 0.264. The summed E-state index contributed by atoms with van der Waals surface area (Å²) in [6.45, 7) is 8.82. The lowest BCUT2D eigenvalue weighted by Gasteiger charge is -2.18. The van der Waals surface area contributed by atoms with E-state index < -0.39 is 0 Å². The molecule has 32 heavy (non-hydrogen) atoms. The lowest BCUT2D eigenvalue weighted by molar-refractivity contribution is -0.127. The summed E-state index contributed by atoms with van der Waals surface area (Å²) in [5.41, 5.74) is 11.9. The van der Waals surface area contributed by atoms with Crippen molar-refractivity contribution in [2.75, 3.05) is 31.1 Å². The van der Waals surface area contributed by atoms with Crippen LogP contribution in [0.3, 0.4) is 0 Å². The zero-order valence-electron chi connectivity index (χ0n) is 19.5. The van der Waals surface area contributed by atoms with Crippen molar-refractivity contribution in [2.24, 2.45) is 5.73 Å². The molecule has 1 aromatic carbocycles. The van der Waals surface area contributed by atoms with Gasteiger partial charge in [-0.25, -0.2) is 0 Å². The third kappa shape index (κ3) is 4.41. The predicted molar refractivity (Wildman–Crippen MR) is 129 cm³/mol. The number of rotatable bonds is 9. The van der Waals surface area contributed by atoms with Crippen LogP contribution in [0.5, 0.6) is 0 Å². The van der Waals surface area contributed by atoms with Crippen molar-refractivity contribution < 1.29 is 9.59 Å². The summed E-state index contributed by atoms with van der Waals surface area (Å²) in [5.74, 6) is -0.105. The maximum Gasteiger partial charge on any atom is 0.251 e. The first-order chi connectivity index (χ1) is 15.5. The first kappa shape index (κ1) is 22.4. The van der Waals surface area contributed by atoms with E-state index in [0.717, 1.165) is 75.2 Å². The Morgan fingerprint density at radius 2 is 1.75 bits per heavy atom. The van der Waals surface area contributed by atoms with Crippen LogP contribution in [0.25, 0.3) is 11.1 Å². The smallest absolute Gasteiger partial charge is 0.251 e. The minimum atomic E-state index is -0.369. The van der Waals surface area contributed by atoms with Gasteiger partial charge in [-0.05, 0) is 56.7 Å². The van der Waals surface area contributed by atoms with E-state index >= 15 is 0 Å². The van der Waals surface area contributed by atoms with Crippen LogP contribution in [-0.4, -0.2) is 47.5 Å². The fourth-order valence-electron chi connectivity index (χ4n) is 5.38. The first-order valence-electron chi connectivity index (χ1n) is 12.2. The second-order valence-electron chi connectivity index (χ2n) is 9.13. The molecule has 0 unspecified atom stereocenters. The van der Waals surface area contributed by atoms with Crippen LogP contribution in [0, 0.1) is 6.92 Å². The molecule has 0 atom stereocenters. The quantitative estimate of drug-likeness (QED) is 0.642. The van der Waals surface area contributed by atoms with Crippen LogP contribution in [0.4, 0.5) is 5.69 Å². The van der Waals surface area contributed by atoms with Crippen molar-refractivity contribution in [1.29, 1.82) is 0 Å². The number of benzene rings is 1. The highest BCUT2D eigenvalue weighted by molar-refractivity contribution is 6.02. The lowest BCUT2D eigenvalue weighted by atomic mass is 9.97. The average Bonchev–Trinajstić information content (AvgIpc) is 3.50. The van der Waals surface area contributed by atoms with Crippen LogP contribution in [0.2, 0.25) is 0 Å². The molecule has 2 aliphatic heterocycles. The summed E-state index contributed by atoms with van der Waals surface area (Å²) >= 11 is 0. The molecule has 4 rings (SSSR count). The third-order valence-corrected chi connectivity index (χ3v) is 6.97. The molecule has 0 radical (unpaired) electrons. The van der Waals surface area contributed by atoms with E-state index in [1.54, 1.807) is 0 Å². The largest absolute Gasteiger partial charge is 0.372 e. The Bertz CT molecular complexity index is 971. The van der Waals surface area contributed by atoms with E-state index in [4.69, 9.17) is 5.73 Å². The van der Waals surface area contributed by atoms with Gasteiger partial charge in [-0.2, -0.15) is 0 Å². The number of carbonyl (C=O) groups excluding carboxylic acids is 2. The number of hydrogen-bond acceptors (Lipinski definition) is 3. The molecular weight excluding hydrogens is 400 g/mol. The molecule has 0 aliphatic carbocycles. The SMILES string of the molecule is CCCc1c(-c2ccc(N3CCCC3)cc2)c(C(N)=O)c(C)n1CCCN1CCCC1=O. The summed E-state index contributed by atoms with van der Waals surface area (Å²) < 4.78 is 2.27. The number of nitrogens with two attached hydrogens (primary N) is 1. The van der Waals surface area contributed by atoms with Crippen LogP contribution < -0.4 is 10.6 Å². The van der Waals surface area contributed by atoms with Crippen molar-refractivity contribution in [3.8, 4) is 11.1 Å². The monoisotopic (exact) mass is 436 g/mol. The van der Waals surface area contributed by atoms with Gasteiger partial charge in [-0.3, -0.25) is 9.59 Å². The van der Waals surface area contributed by atoms with Crippen molar-refractivity contribution in [3.63, 3.8) is 0 Å². The molecule has 2 fully saturated rings. The van der Waals surface area contributed by atoms with Crippen LogP contribution in [0.15, 0.2) is 24.3 Å². The molecule has 2 saturated heterocycles. The number of anilines is 1. The lowest BCUT2D eigenvalue weighted by Crippen LogP contribution is -2.26. The molecule has 0 bridgehead atoms. The van der Waals surface area contributed by atoms with Gasteiger partial charge in [0.15, 0.2) is 0 Å². The Balaban J connectivity index is 1.64. The molecule has 1 aromatic heterocycles. The van der Waals surface area contributed by atoms with Gasteiger partial charge in [0, 0.05) is 61.8 Å². The number of aromatic nitrogens is 1. The number of primary amides is 1. The van der Waals surface area contributed by atoms with Crippen molar-refractivity contribution in [1.82, 2.24) is 9.47 Å². The molecular formula is C26H36N4O2. The summed E-state index contributed by atoms with van der Waals surface area (Å²) in [5, 5.41) is 0. The molecule has 0 spiro atoms. The second-order valence-corrected chi connectivity index (χ2v) is 9.13. The van der Waals surface area contributed by atoms with Crippen LogP contribution in [0.1, 0.15) is 67.2 Å². The van der Waals surface area contributed by atoms with Gasteiger partial charge in [0.1, 0.15) is 0 Å². The van der Waals surface area contributed by atoms with Crippen molar-refractivity contribution in [3.05, 3.63) is 41.2 Å². The zero-order valence-corrected chi connectivity index (χ0v) is 19.5. The summed E-state index contributed by atoms with van der Waals surface area (Å²) in [4.78, 5) is 28.9. The Hall–Kier alpha value is -2.76. The number of nitrogens with zero attached hydrogens (tertiary/aromatic N) is 3. The summed E-state index contributed by atoms with van der Waals surface area (Å²) in [7, 11) is 0. The predicted octanol–water partition coefficient (Wildman–Crippen LogP) is 4.13. The Kier molecular flexibility index (Phi) is 6.87. The Morgan fingerprint density at radius 1 is 1.03 bits per heavy atom. The highest BCUT2D eigenvalue weighted by Crippen LogP contribution is 2.35. The molecule has 0 saturated carbocycles. The summed E-state index contributed by atoms with van der Waals surface area (Å²) in [6.07, 6.45) is 6.89. The fourth-order valence-corrected chi connectivity index (χ4v) is 5.38. The molecule has 2 aliphatic rings. The maximum absolute atomic E-state index is 12.5. The van der Waals surface area contributed by atoms with Gasteiger partial charge >= 0.3 is 0 Å². The molecule has 2 N–H and O–H groups in total. The second kappa shape index (κ2) is 9.80. The van der Waals surface area contributed by atoms with Crippen LogP contribution >= 0.6 is 0 Å². The number of carbonyl (C=O) groups is 2. The number of likely N-dealkylation sites (tertiary alicyclic amines) is 1. The van der Waals surface area contributed by atoms with E-state index in [9.17, 15) is 9.59 Å². The topological polar surface area (TPSA) is 71.6 Å². The fraction of sp³-hybridized carbons (Fsp3) is 0.538. The number of hydrogen-bond donors (Lipinski definition) is 1. The molecule has 3 heterocycles. The van der Waals surface area contributed by atoms with Gasteiger partial charge in [-0.1, -0.05) is 25.5 Å². The molecule has 2 amide bonds. The van der Waals surface area contributed by atoms with Gasteiger partial charge in [-0.15, -0.1) is 0 Å². The third-order valence-electron chi connectivity index (χ3n) is 6.97. The van der Waals surface area contributed by atoms with E-state index in [0.29, 0.717) is 12.0 Å². The first-order valence-corrected chi connectivity index (χ1v) is 12.2. The zero-order chi connectivity index (χ0) is 22.7. The summed E-state index contributed by atoms with van der Waals surface area (Å²) in [6, 6.07) is 8.63. The van der Waals surface area contributed by atoms with Gasteiger partial charge in [0.25, 0.3) is 5.91 Å². The highest BCUT2D eigenvalue weighted by atomic mass is 16.2. The van der Waals surface area contributed by atoms with Gasteiger partial charge in [0.05, 0.1) is 5.56 Å². The highest BCUT2D eigenvalue weighted by Gasteiger charge is 2.25. The van der Waals surface area contributed by atoms with Gasteiger partial charge in [0.2, 0.25) is 5.91 Å². The van der Waals surface area contributed by atoms with Crippen molar-refractivity contribution in [2.45, 2.75) is 65.3 Å².